The van der Waals surface area contributed by atoms with Crippen LogP contribution in [0.5, 0.6) is 5.75 Å². The summed E-state index contributed by atoms with van der Waals surface area (Å²) >= 11 is 5.70. The fourth-order valence-corrected chi connectivity index (χ4v) is 4.34. The number of methoxy groups -OCH3 is 1. The number of rotatable bonds is 5. The number of hydrogen-bond donors (Lipinski definition) is 0. The molecular formula is C18H24ClNO2. The first-order valence-corrected chi connectivity index (χ1v) is 8.71. The van der Waals surface area contributed by atoms with Crippen molar-refractivity contribution in [2.75, 3.05) is 26.1 Å². The van der Waals surface area contributed by atoms with Gasteiger partial charge in [0.15, 0.2) is 0 Å². The average Bonchev–Trinajstić information content (AvgIpc) is 3.10. The topological polar surface area (TPSA) is 29.5 Å². The summed E-state index contributed by atoms with van der Waals surface area (Å²) in [5, 5.41) is 0. The molecular weight excluding hydrogens is 298 g/mol. The van der Waals surface area contributed by atoms with E-state index >= 15 is 0 Å². The van der Waals surface area contributed by atoms with E-state index in [9.17, 15) is 4.79 Å². The second kappa shape index (κ2) is 6.91. The second-order valence-electron chi connectivity index (χ2n) is 6.55. The van der Waals surface area contributed by atoms with Crippen molar-refractivity contribution in [3.05, 3.63) is 29.8 Å². The highest BCUT2D eigenvalue weighted by Gasteiger charge is 2.43. The third-order valence-corrected chi connectivity index (χ3v) is 5.49. The number of amides is 1. The van der Waals surface area contributed by atoms with Crippen molar-refractivity contribution in [3.63, 3.8) is 0 Å². The van der Waals surface area contributed by atoms with Crippen LogP contribution in [0, 0.1) is 17.8 Å². The predicted molar refractivity (Wildman–Crippen MR) is 88.3 cm³/mol. The summed E-state index contributed by atoms with van der Waals surface area (Å²) in [7, 11) is 1.71. The molecule has 4 heteroatoms. The van der Waals surface area contributed by atoms with Crippen LogP contribution in [0.3, 0.4) is 0 Å². The van der Waals surface area contributed by atoms with Crippen LogP contribution in [0.25, 0.3) is 0 Å². The highest BCUT2D eigenvalue weighted by Crippen LogP contribution is 2.44. The van der Waals surface area contributed by atoms with Gasteiger partial charge in [-0.2, -0.15) is 0 Å². The molecule has 22 heavy (non-hydrogen) atoms. The molecule has 1 aliphatic heterocycles. The standard InChI is InChI=1S/C18H24ClNO2/c1-22-16-4-2-3-13(10-16)9-14-5-6-15-11-20(12-17(14)15)18(21)7-8-19/h2-4,10,14-15,17H,5-9,11-12H2,1H3/t14-,15-,17-/m0/s1. The van der Waals surface area contributed by atoms with Gasteiger partial charge >= 0.3 is 0 Å². The second-order valence-corrected chi connectivity index (χ2v) is 6.93. The first-order valence-electron chi connectivity index (χ1n) is 8.18. The van der Waals surface area contributed by atoms with Gasteiger partial charge in [-0.3, -0.25) is 4.79 Å². The van der Waals surface area contributed by atoms with Gasteiger partial charge in [0, 0.05) is 25.4 Å². The van der Waals surface area contributed by atoms with Crippen LogP contribution in [0.1, 0.15) is 24.8 Å². The average molecular weight is 322 g/mol. The first-order chi connectivity index (χ1) is 10.7. The summed E-state index contributed by atoms with van der Waals surface area (Å²) in [6.45, 7) is 1.87. The summed E-state index contributed by atoms with van der Waals surface area (Å²) in [5.41, 5.74) is 1.34. The normalized spacial score (nSPS) is 27.0. The third kappa shape index (κ3) is 3.24. The Morgan fingerprint density at radius 2 is 2.23 bits per heavy atom. The lowest BCUT2D eigenvalue weighted by atomic mass is 9.87. The van der Waals surface area contributed by atoms with Crippen LogP contribution in [-0.4, -0.2) is 36.9 Å². The van der Waals surface area contributed by atoms with Crippen molar-refractivity contribution in [1.29, 1.82) is 0 Å². The van der Waals surface area contributed by atoms with E-state index in [4.69, 9.17) is 16.3 Å². The number of halogens is 1. The molecule has 1 aliphatic carbocycles. The molecule has 3 atom stereocenters. The Kier molecular flexibility index (Phi) is 4.92. The molecule has 0 spiro atoms. The molecule has 0 radical (unpaired) electrons. The lowest BCUT2D eigenvalue weighted by molar-refractivity contribution is -0.130. The minimum atomic E-state index is 0.226. The summed E-state index contributed by atoms with van der Waals surface area (Å²) in [6, 6.07) is 8.37. The molecule has 2 fully saturated rings. The Morgan fingerprint density at radius 1 is 1.36 bits per heavy atom. The number of ether oxygens (including phenoxy) is 1. The van der Waals surface area contributed by atoms with Crippen molar-refractivity contribution in [2.45, 2.75) is 25.7 Å². The zero-order valence-electron chi connectivity index (χ0n) is 13.1. The van der Waals surface area contributed by atoms with Gasteiger partial charge in [-0.15, -0.1) is 11.6 Å². The number of carbonyl (C=O) groups is 1. The molecule has 3 rings (SSSR count). The minimum absolute atomic E-state index is 0.226. The van der Waals surface area contributed by atoms with Gasteiger partial charge in [-0.1, -0.05) is 12.1 Å². The predicted octanol–water partition coefficient (Wildman–Crippen LogP) is 3.35. The Balaban J connectivity index is 1.63. The molecule has 1 aromatic rings. The smallest absolute Gasteiger partial charge is 0.223 e. The van der Waals surface area contributed by atoms with E-state index in [1.807, 2.05) is 11.0 Å². The van der Waals surface area contributed by atoms with Crippen molar-refractivity contribution in [1.82, 2.24) is 4.90 Å². The van der Waals surface area contributed by atoms with Gasteiger partial charge < -0.3 is 9.64 Å². The molecule has 2 aliphatic rings. The fraction of sp³-hybridized carbons (Fsp3) is 0.611. The lowest BCUT2D eigenvalue weighted by Gasteiger charge is -2.21. The monoisotopic (exact) mass is 321 g/mol. The van der Waals surface area contributed by atoms with E-state index in [0.29, 0.717) is 30.1 Å². The van der Waals surface area contributed by atoms with E-state index in [1.54, 1.807) is 7.11 Å². The fourth-order valence-electron chi connectivity index (χ4n) is 4.18. The van der Waals surface area contributed by atoms with E-state index in [0.717, 1.165) is 25.3 Å². The summed E-state index contributed by atoms with van der Waals surface area (Å²) in [4.78, 5) is 14.1. The number of benzene rings is 1. The van der Waals surface area contributed by atoms with Crippen LogP contribution >= 0.6 is 11.6 Å². The van der Waals surface area contributed by atoms with Gasteiger partial charge in [-0.25, -0.2) is 0 Å². The van der Waals surface area contributed by atoms with Gasteiger partial charge in [0.25, 0.3) is 0 Å². The molecule has 1 heterocycles. The van der Waals surface area contributed by atoms with Crippen molar-refractivity contribution in [2.24, 2.45) is 17.8 Å². The number of likely N-dealkylation sites (tertiary alicyclic amines) is 1. The molecule has 0 bridgehead atoms. The Bertz CT molecular complexity index is 534. The van der Waals surface area contributed by atoms with Crippen LogP contribution in [-0.2, 0) is 11.2 Å². The Morgan fingerprint density at radius 3 is 3.00 bits per heavy atom. The number of alkyl halides is 1. The summed E-state index contributed by atoms with van der Waals surface area (Å²) in [5.74, 6) is 3.62. The number of carbonyl (C=O) groups excluding carboxylic acids is 1. The molecule has 0 N–H and O–H groups in total. The molecule has 1 saturated carbocycles. The molecule has 1 saturated heterocycles. The largest absolute Gasteiger partial charge is 0.497 e. The maximum Gasteiger partial charge on any atom is 0.223 e. The molecule has 120 valence electrons. The number of hydrogen-bond acceptors (Lipinski definition) is 2. The minimum Gasteiger partial charge on any atom is -0.497 e. The van der Waals surface area contributed by atoms with Crippen molar-refractivity contribution in [3.8, 4) is 5.75 Å². The summed E-state index contributed by atoms with van der Waals surface area (Å²) in [6.07, 6.45) is 4.10. The Labute approximate surface area is 137 Å². The van der Waals surface area contributed by atoms with Crippen molar-refractivity contribution < 1.29 is 9.53 Å². The maximum atomic E-state index is 12.0. The van der Waals surface area contributed by atoms with Gasteiger partial charge in [0.1, 0.15) is 5.75 Å². The third-order valence-electron chi connectivity index (χ3n) is 5.30. The van der Waals surface area contributed by atoms with E-state index < -0.39 is 0 Å². The van der Waals surface area contributed by atoms with Crippen LogP contribution in [0.2, 0.25) is 0 Å². The van der Waals surface area contributed by atoms with Gasteiger partial charge in [0.2, 0.25) is 5.91 Å². The molecule has 1 amide bonds. The van der Waals surface area contributed by atoms with E-state index in [-0.39, 0.29) is 5.91 Å². The molecule has 0 aromatic heterocycles. The SMILES string of the molecule is COc1cccc(C[C@@H]2CC[C@H]3CN(C(=O)CCCl)C[C@@H]23)c1. The highest BCUT2D eigenvalue weighted by molar-refractivity contribution is 6.18. The zero-order chi connectivity index (χ0) is 15.5. The van der Waals surface area contributed by atoms with Crippen LogP contribution in [0.4, 0.5) is 0 Å². The Hall–Kier alpha value is -1.22. The molecule has 1 aromatic carbocycles. The highest BCUT2D eigenvalue weighted by atomic mass is 35.5. The quantitative estimate of drug-likeness (QED) is 0.778. The molecule has 3 nitrogen and oxygen atoms in total. The first kappa shape index (κ1) is 15.7. The van der Waals surface area contributed by atoms with Gasteiger partial charge in [-0.05, 0) is 54.7 Å². The number of nitrogens with zero attached hydrogens (tertiary/aromatic N) is 1. The van der Waals surface area contributed by atoms with Crippen molar-refractivity contribution >= 4 is 17.5 Å². The van der Waals surface area contributed by atoms with E-state index in [1.165, 1.54) is 18.4 Å². The number of fused-ring (bicyclic) bond motifs is 1. The lowest BCUT2D eigenvalue weighted by Crippen LogP contribution is -2.30. The van der Waals surface area contributed by atoms with E-state index in [2.05, 4.69) is 18.2 Å². The molecule has 0 unspecified atom stereocenters. The maximum absolute atomic E-state index is 12.0. The van der Waals surface area contributed by atoms with Crippen LogP contribution < -0.4 is 4.74 Å². The van der Waals surface area contributed by atoms with Crippen LogP contribution in [0.15, 0.2) is 24.3 Å². The zero-order valence-corrected chi connectivity index (χ0v) is 13.9. The summed E-state index contributed by atoms with van der Waals surface area (Å²) < 4.78 is 5.32. The van der Waals surface area contributed by atoms with Gasteiger partial charge in [0.05, 0.1) is 7.11 Å².